The number of nitrogens with one attached hydrogen (secondary N) is 1. The van der Waals surface area contributed by atoms with Gasteiger partial charge in [-0.15, -0.1) is 0 Å². The largest absolute Gasteiger partial charge is 0.381 e. The third-order valence-corrected chi connectivity index (χ3v) is 3.18. The minimum Gasteiger partial charge on any atom is -0.381 e. The van der Waals surface area contributed by atoms with E-state index in [0.717, 1.165) is 19.5 Å². The Labute approximate surface area is 97.6 Å². The Hall–Kier alpha value is -1.03. The first kappa shape index (κ1) is 11.5. The molecule has 0 atom stereocenters. The van der Waals surface area contributed by atoms with Crippen LogP contribution in [0.3, 0.4) is 0 Å². The van der Waals surface area contributed by atoms with E-state index < -0.39 is 0 Å². The lowest BCUT2D eigenvalue weighted by atomic mass is 10.3. The van der Waals surface area contributed by atoms with E-state index in [0.29, 0.717) is 0 Å². The van der Waals surface area contributed by atoms with Gasteiger partial charge in [-0.05, 0) is 32.4 Å². The van der Waals surface area contributed by atoms with Gasteiger partial charge in [0, 0.05) is 26.3 Å². The van der Waals surface area contributed by atoms with E-state index in [2.05, 4.69) is 28.4 Å². The normalized spacial score (nSPS) is 16.9. The van der Waals surface area contributed by atoms with Gasteiger partial charge in [-0.2, -0.15) is 5.10 Å². The molecule has 1 aliphatic rings. The van der Waals surface area contributed by atoms with Crippen LogP contribution >= 0.6 is 0 Å². The highest BCUT2D eigenvalue weighted by Crippen LogP contribution is 2.13. The Bertz CT molecular complexity index is 326. The number of rotatable bonds is 5. The molecule has 0 unspecified atom stereocenters. The summed E-state index contributed by atoms with van der Waals surface area (Å²) < 4.78 is 1.89. The van der Waals surface area contributed by atoms with Crippen LogP contribution in [-0.2, 0) is 13.5 Å². The first-order valence-corrected chi connectivity index (χ1v) is 6.28. The number of nitrogens with zero attached hydrogens (tertiary/aromatic N) is 3. The molecule has 1 aromatic heterocycles. The zero-order valence-corrected chi connectivity index (χ0v) is 10.4. The van der Waals surface area contributed by atoms with Crippen molar-refractivity contribution in [2.45, 2.75) is 26.2 Å². The first-order valence-electron chi connectivity index (χ1n) is 6.28. The van der Waals surface area contributed by atoms with E-state index >= 15 is 0 Å². The van der Waals surface area contributed by atoms with Gasteiger partial charge in [-0.3, -0.25) is 4.68 Å². The molecule has 1 saturated heterocycles. The minimum atomic E-state index is 0.993. The van der Waals surface area contributed by atoms with E-state index in [1.54, 1.807) is 0 Å². The summed E-state index contributed by atoms with van der Waals surface area (Å²) in [7, 11) is 1.98. The van der Waals surface area contributed by atoms with E-state index in [9.17, 15) is 0 Å². The van der Waals surface area contributed by atoms with Crippen LogP contribution in [0, 0.1) is 0 Å². The average Bonchev–Trinajstić information content (AvgIpc) is 2.88. The quantitative estimate of drug-likeness (QED) is 0.819. The Morgan fingerprint density at radius 2 is 2.12 bits per heavy atom. The third kappa shape index (κ3) is 2.76. The fourth-order valence-electron chi connectivity index (χ4n) is 2.30. The molecule has 16 heavy (non-hydrogen) atoms. The Balaban J connectivity index is 1.79. The van der Waals surface area contributed by atoms with Crippen LogP contribution < -0.4 is 5.32 Å². The molecule has 4 heteroatoms. The highest BCUT2D eigenvalue weighted by atomic mass is 15.3. The summed E-state index contributed by atoms with van der Waals surface area (Å²) in [5.41, 5.74) is 2.37. The van der Waals surface area contributed by atoms with Gasteiger partial charge >= 0.3 is 0 Å². The second kappa shape index (κ2) is 5.34. The number of hydrogen-bond acceptors (Lipinski definition) is 3. The number of aryl methyl sites for hydroxylation is 2. The molecular formula is C12H22N4. The number of aromatic nitrogens is 2. The minimum absolute atomic E-state index is 0.993. The van der Waals surface area contributed by atoms with Gasteiger partial charge in [0.15, 0.2) is 0 Å². The van der Waals surface area contributed by atoms with Crippen molar-refractivity contribution < 1.29 is 0 Å². The van der Waals surface area contributed by atoms with Crippen LogP contribution in [0.4, 0.5) is 5.69 Å². The average molecular weight is 222 g/mol. The standard InChI is InChI=1S/C12H22N4/c1-3-11-12(10-15(2)14-11)13-6-9-16-7-4-5-8-16/h10,13H,3-9H2,1-2H3. The molecule has 0 aliphatic carbocycles. The summed E-state index contributed by atoms with van der Waals surface area (Å²) in [6.45, 7) is 6.87. The Morgan fingerprint density at radius 3 is 2.81 bits per heavy atom. The molecule has 0 amide bonds. The smallest absolute Gasteiger partial charge is 0.0853 e. The highest BCUT2D eigenvalue weighted by Gasteiger charge is 2.11. The Kier molecular flexibility index (Phi) is 3.83. The predicted molar refractivity (Wildman–Crippen MR) is 66.7 cm³/mol. The molecule has 0 aromatic carbocycles. The second-order valence-electron chi connectivity index (χ2n) is 4.49. The predicted octanol–water partition coefficient (Wildman–Crippen LogP) is 1.49. The summed E-state index contributed by atoms with van der Waals surface area (Å²) in [6, 6.07) is 0. The van der Waals surface area contributed by atoms with Crippen LogP contribution in [0.5, 0.6) is 0 Å². The maximum atomic E-state index is 4.42. The summed E-state index contributed by atoms with van der Waals surface area (Å²) in [5, 5.41) is 7.91. The van der Waals surface area contributed by atoms with Gasteiger partial charge in [-0.1, -0.05) is 6.92 Å². The van der Waals surface area contributed by atoms with Crippen LogP contribution in [-0.4, -0.2) is 40.9 Å². The summed E-state index contributed by atoms with van der Waals surface area (Å²) >= 11 is 0. The summed E-state index contributed by atoms with van der Waals surface area (Å²) in [6.07, 6.45) is 5.80. The van der Waals surface area contributed by atoms with E-state index in [4.69, 9.17) is 0 Å². The van der Waals surface area contributed by atoms with Crippen molar-refractivity contribution in [2.24, 2.45) is 7.05 Å². The number of likely N-dealkylation sites (tertiary alicyclic amines) is 1. The van der Waals surface area contributed by atoms with Gasteiger partial charge in [0.2, 0.25) is 0 Å². The van der Waals surface area contributed by atoms with Crippen molar-refractivity contribution in [3.63, 3.8) is 0 Å². The lowest BCUT2D eigenvalue weighted by Crippen LogP contribution is -2.26. The van der Waals surface area contributed by atoms with Crippen LogP contribution in [0.1, 0.15) is 25.5 Å². The number of hydrogen-bond donors (Lipinski definition) is 1. The zero-order chi connectivity index (χ0) is 11.4. The molecule has 0 bridgehead atoms. The molecule has 4 nitrogen and oxygen atoms in total. The van der Waals surface area contributed by atoms with Gasteiger partial charge in [-0.25, -0.2) is 0 Å². The monoisotopic (exact) mass is 222 g/mol. The van der Waals surface area contributed by atoms with Crippen molar-refractivity contribution in [1.29, 1.82) is 0 Å². The zero-order valence-electron chi connectivity index (χ0n) is 10.4. The van der Waals surface area contributed by atoms with Crippen molar-refractivity contribution in [2.75, 3.05) is 31.5 Å². The van der Waals surface area contributed by atoms with Crippen molar-refractivity contribution >= 4 is 5.69 Å². The highest BCUT2D eigenvalue weighted by molar-refractivity contribution is 5.46. The molecule has 2 rings (SSSR count). The van der Waals surface area contributed by atoms with E-state index in [1.165, 1.54) is 37.3 Å². The molecule has 0 saturated carbocycles. The molecule has 1 aliphatic heterocycles. The SMILES string of the molecule is CCc1nn(C)cc1NCCN1CCCC1. The lowest BCUT2D eigenvalue weighted by Gasteiger charge is -2.14. The number of anilines is 1. The first-order chi connectivity index (χ1) is 7.79. The summed E-state index contributed by atoms with van der Waals surface area (Å²) in [4.78, 5) is 2.52. The maximum Gasteiger partial charge on any atom is 0.0853 e. The molecule has 0 radical (unpaired) electrons. The van der Waals surface area contributed by atoms with Crippen molar-refractivity contribution in [3.05, 3.63) is 11.9 Å². The maximum absolute atomic E-state index is 4.42. The van der Waals surface area contributed by atoms with Gasteiger partial charge in [0.25, 0.3) is 0 Å². The van der Waals surface area contributed by atoms with E-state index in [1.807, 2.05) is 11.7 Å². The molecule has 2 heterocycles. The van der Waals surface area contributed by atoms with Crippen LogP contribution in [0.25, 0.3) is 0 Å². The van der Waals surface area contributed by atoms with Gasteiger partial charge in [0.05, 0.1) is 11.4 Å². The molecule has 1 aromatic rings. The lowest BCUT2D eigenvalue weighted by molar-refractivity contribution is 0.352. The van der Waals surface area contributed by atoms with Gasteiger partial charge < -0.3 is 10.2 Å². The fourth-order valence-corrected chi connectivity index (χ4v) is 2.30. The molecule has 1 fully saturated rings. The third-order valence-electron chi connectivity index (χ3n) is 3.18. The molecular weight excluding hydrogens is 200 g/mol. The topological polar surface area (TPSA) is 33.1 Å². The van der Waals surface area contributed by atoms with E-state index in [-0.39, 0.29) is 0 Å². The van der Waals surface area contributed by atoms with Crippen LogP contribution in [0.15, 0.2) is 6.20 Å². The van der Waals surface area contributed by atoms with Gasteiger partial charge in [0.1, 0.15) is 0 Å². The fraction of sp³-hybridized carbons (Fsp3) is 0.750. The molecule has 90 valence electrons. The molecule has 0 spiro atoms. The Morgan fingerprint density at radius 1 is 1.38 bits per heavy atom. The summed E-state index contributed by atoms with van der Waals surface area (Å²) in [5.74, 6) is 0. The van der Waals surface area contributed by atoms with Crippen LogP contribution in [0.2, 0.25) is 0 Å². The molecule has 1 N–H and O–H groups in total. The second-order valence-corrected chi connectivity index (χ2v) is 4.49. The van der Waals surface area contributed by atoms with Crippen molar-refractivity contribution in [3.8, 4) is 0 Å². The van der Waals surface area contributed by atoms with Crippen molar-refractivity contribution in [1.82, 2.24) is 14.7 Å².